The molecule has 0 unspecified atom stereocenters. The van der Waals surface area contributed by atoms with Gasteiger partial charge in [0.15, 0.2) is 0 Å². The second-order valence-electron chi connectivity index (χ2n) is 6.22. The summed E-state index contributed by atoms with van der Waals surface area (Å²) >= 11 is 0. The van der Waals surface area contributed by atoms with Gasteiger partial charge in [0.2, 0.25) is 5.91 Å². The molecule has 5 heteroatoms. The number of aliphatic hydroxyl groups excluding tert-OH is 1. The van der Waals surface area contributed by atoms with Crippen LogP contribution in [0.4, 0.5) is 5.69 Å². The van der Waals surface area contributed by atoms with Gasteiger partial charge in [0.05, 0.1) is 0 Å². The van der Waals surface area contributed by atoms with E-state index in [1.807, 2.05) is 37.3 Å². The maximum atomic E-state index is 12.9. The third kappa shape index (κ3) is 5.72. The molecule has 25 heavy (non-hydrogen) atoms. The molecule has 0 aliphatic rings. The van der Waals surface area contributed by atoms with Crippen LogP contribution in [-0.4, -0.2) is 35.0 Å². The molecule has 0 heterocycles. The highest BCUT2D eigenvalue weighted by Gasteiger charge is 2.18. The number of anilines is 1. The lowest BCUT2D eigenvalue weighted by atomic mass is 10.1. The molecule has 0 aliphatic heterocycles. The van der Waals surface area contributed by atoms with Gasteiger partial charge in [0, 0.05) is 37.9 Å². The molecule has 2 aromatic carbocycles. The third-order valence-electron chi connectivity index (χ3n) is 3.80. The van der Waals surface area contributed by atoms with Gasteiger partial charge in [-0.1, -0.05) is 37.3 Å². The van der Waals surface area contributed by atoms with Crippen molar-refractivity contribution >= 4 is 17.5 Å². The molecule has 0 saturated heterocycles. The lowest BCUT2D eigenvalue weighted by Gasteiger charge is -2.25. The molecule has 0 fully saturated rings. The minimum Gasteiger partial charge on any atom is -0.396 e. The number of hydrogen-bond donors (Lipinski definition) is 2. The first-order valence-corrected chi connectivity index (χ1v) is 8.31. The lowest BCUT2D eigenvalue weighted by molar-refractivity contribution is -0.114. The Labute approximate surface area is 148 Å². The van der Waals surface area contributed by atoms with E-state index in [1.54, 1.807) is 29.2 Å². The van der Waals surface area contributed by atoms with Gasteiger partial charge in [-0.25, -0.2) is 0 Å². The van der Waals surface area contributed by atoms with Crippen LogP contribution in [-0.2, 0) is 11.3 Å². The zero-order valence-electron chi connectivity index (χ0n) is 14.6. The van der Waals surface area contributed by atoms with Crippen LogP contribution in [0.2, 0.25) is 0 Å². The molecule has 1 atom stereocenters. The van der Waals surface area contributed by atoms with Crippen molar-refractivity contribution in [1.82, 2.24) is 4.90 Å². The van der Waals surface area contributed by atoms with E-state index in [0.717, 1.165) is 5.56 Å². The topological polar surface area (TPSA) is 69.6 Å². The Morgan fingerprint density at radius 1 is 1.08 bits per heavy atom. The van der Waals surface area contributed by atoms with E-state index in [1.165, 1.54) is 6.92 Å². The Balaban J connectivity index is 2.17. The highest BCUT2D eigenvalue weighted by molar-refractivity contribution is 5.95. The molecule has 0 spiro atoms. The Bertz CT molecular complexity index is 699. The summed E-state index contributed by atoms with van der Waals surface area (Å²) in [6.07, 6.45) is 0. The second kappa shape index (κ2) is 8.99. The zero-order chi connectivity index (χ0) is 18.2. The predicted octanol–water partition coefficient (Wildman–Crippen LogP) is 2.92. The second-order valence-corrected chi connectivity index (χ2v) is 6.22. The Kier molecular flexibility index (Phi) is 6.71. The van der Waals surface area contributed by atoms with E-state index >= 15 is 0 Å². The quantitative estimate of drug-likeness (QED) is 0.814. The number of aliphatic hydroxyl groups is 1. The van der Waals surface area contributed by atoms with Crippen LogP contribution in [0.3, 0.4) is 0 Å². The number of amides is 2. The minimum atomic E-state index is -0.151. The van der Waals surface area contributed by atoms with Gasteiger partial charge in [-0.3, -0.25) is 9.59 Å². The summed E-state index contributed by atoms with van der Waals surface area (Å²) < 4.78 is 0. The van der Waals surface area contributed by atoms with Crippen LogP contribution < -0.4 is 5.32 Å². The number of benzene rings is 2. The Hall–Kier alpha value is -2.66. The summed E-state index contributed by atoms with van der Waals surface area (Å²) in [6, 6.07) is 16.6. The van der Waals surface area contributed by atoms with Crippen molar-refractivity contribution in [1.29, 1.82) is 0 Å². The number of carbonyl (C=O) groups is 2. The van der Waals surface area contributed by atoms with Crippen LogP contribution in [0.5, 0.6) is 0 Å². The van der Waals surface area contributed by atoms with Crippen molar-refractivity contribution in [3.8, 4) is 0 Å². The average Bonchev–Trinajstić information content (AvgIpc) is 2.61. The summed E-state index contributed by atoms with van der Waals surface area (Å²) in [5, 5.41) is 12.0. The van der Waals surface area contributed by atoms with Crippen molar-refractivity contribution in [3.05, 3.63) is 65.7 Å². The summed E-state index contributed by atoms with van der Waals surface area (Å²) in [5.41, 5.74) is 2.24. The molecule has 2 amide bonds. The standard InChI is InChI=1S/C20H24N2O3/c1-15(14-23)12-22(13-17-6-4-3-5-7-17)20(25)18-8-10-19(11-9-18)21-16(2)24/h3-11,15,23H,12-14H2,1-2H3,(H,21,24)/t15-/m1/s1. The predicted molar refractivity (Wildman–Crippen MR) is 98.2 cm³/mol. The minimum absolute atomic E-state index is 0.00804. The lowest BCUT2D eigenvalue weighted by Crippen LogP contribution is -2.35. The molecule has 0 saturated carbocycles. The first kappa shape index (κ1) is 18.7. The molecule has 0 bridgehead atoms. The molecule has 5 nitrogen and oxygen atoms in total. The summed E-state index contributed by atoms with van der Waals surface area (Å²) in [4.78, 5) is 25.7. The molecule has 0 radical (unpaired) electrons. The molecule has 0 aromatic heterocycles. The largest absolute Gasteiger partial charge is 0.396 e. The highest BCUT2D eigenvalue weighted by atomic mass is 16.3. The molecule has 132 valence electrons. The molecule has 0 aliphatic carbocycles. The number of nitrogens with zero attached hydrogens (tertiary/aromatic N) is 1. The summed E-state index contributed by atoms with van der Waals surface area (Å²) in [6.45, 7) is 4.33. The number of carbonyl (C=O) groups excluding carboxylic acids is 2. The van der Waals surface area contributed by atoms with Gasteiger partial charge >= 0.3 is 0 Å². The molecule has 2 N–H and O–H groups in total. The van der Waals surface area contributed by atoms with Gasteiger partial charge in [-0.2, -0.15) is 0 Å². The van der Waals surface area contributed by atoms with Crippen LogP contribution in [0, 0.1) is 5.92 Å². The van der Waals surface area contributed by atoms with E-state index in [-0.39, 0.29) is 24.3 Å². The van der Waals surface area contributed by atoms with Crippen LogP contribution >= 0.6 is 0 Å². The van der Waals surface area contributed by atoms with Crippen LogP contribution in [0.1, 0.15) is 29.8 Å². The van der Waals surface area contributed by atoms with Gasteiger partial charge in [0.1, 0.15) is 0 Å². The van der Waals surface area contributed by atoms with E-state index in [2.05, 4.69) is 5.32 Å². The van der Waals surface area contributed by atoms with Crippen molar-refractivity contribution < 1.29 is 14.7 Å². The van der Waals surface area contributed by atoms with Crippen molar-refractivity contribution in [2.24, 2.45) is 5.92 Å². The number of rotatable bonds is 7. The normalized spacial score (nSPS) is 11.6. The van der Waals surface area contributed by atoms with Gasteiger partial charge in [0.25, 0.3) is 5.91 Å². The van der Waals surface area contributed by atoms with E-state index in [9.17, 15) is 14.7 Å². The number of nitrogens with one attached hydrogen (secondary N) is 1. The highest BCUT2D eigenvalue weighted by Crippen LogP contribution is 2.15. The first-order valence-electron chi connectivity index (χ1n) is 8.31. The fraction of sp³-hybridized carbons (Fsp3) is 0.300. The fourth-order valence-electron chi connectivity index (χ4n) is 2.54. The zero-order valence-corrected chi connectivity index (χ0v) is 14.6. The molecule has 2 rings (SSSR count). The van der Waals surface area contributed by atoms with E-state index in [0.29, 0.717) is 24.3 Å². The summed E-state index contributed by atoms with van der Waals surface area (Å²) in [7, 11) is 0. The molecular weight excluding hydrogens is 316 g/mol. The van der Waals surface area contributed by atoms with E-state index in [4.69, 9.17) is 0 Å². The first-order chi connectivity index (χ1) is 12.0. The molecular formula is C20H24N2O3. The SMILES string of the molecule is CC(=O)Nc1ccc(C(=O)N(Cc2ccccc2)C[C@@H](C)CO)cc1. The summed E-state index contributed by atoms with van der Waals surface area (Å²) in [5.74, 6) is -0.258. The Morgan fingerprint density at radius 2 is 1.72 bits per heavy atom. The maximum Gasteiger partial charge on any atom is 0.254 e. The molecule has 2 aromatic rings. The van der Waals surface area contributed by atoms with Crippen LogP contribution in [0.25, 0.3) is 0 Å². The van der Waals surface area contributed by atoms with Gasteiger partial charge in [-0.15, -0.1) is 0 Å². The van der Waals surface area contributed by atoms with Crippen LogP contribution in [0.15, 0.2) is 54.6 Å². The monoisotopic (exact) mass is 340 g/mol. The van der Waals surface area contributed by atoms with Gasteiger partial charge < -0.3 is 15.3 Å². The fourth-order valence-corrected chi connectivity index (χ4v) is 2.54. The van der Waals surface area contributed by atoms with Crippen molar-refractivity contribution in [2.75, 3.05) is 18.5 Å². The van der Waals surface area contributed by atoms with Crippen molar-refractivity contribution in [3.63, 3.8) is 0 Å². The third-order valence-corrected chi connectivity index (χ3v) is 3.80. The number of hydrogen-bond acceptors (Lipinski definition) is 3. The maximum absolute atomic E-state index is 12.9. The average molecular weight is 340 g/mol. The Morgan fingerprint density at radius 3 is 2.28 bits per heavy atom. The van der Waals surface area contributed by atoms with Crippen molar-refractivity contribution in [2.45, 2.75) is 20.4 Å². The van der Waals surface area contributed by atoms with Gasteiger partial charge in [-0.05, 0) is 35.7 Å². The van der Waals surface area contributed by atoms with E-state index < -0.39 is 0 Å². The smallest absolute Gasteiger partial charge is 0.254 e.